The van der Waals surface area contributed by atoms with Crippen LogP contribution < -0.4 is 10.2 Å². The minimum atomic E-state index is 0.0866. The highest BCUT2D eigenvalue weighted by molar-refractivity contribution is 5.76. The van der Waals surface area contributed by atoms with Gasteiger partial charge >= 0.3 is 0 Å². The summed E-state index contributed by atoms with van der Waals surface area (Å²) in [5.41, 5.74) is 2.52. The third-order valence-electron chi connectivity index (χ3n) is 3.49. The third-order valence-corrected chi connectivity index (χ3v) is 3.49. The number of amides is 1. The molecular formula is C16H22N2O. The summed E-state index contributed by atoms with van der Waals surface area (Å²) in [7, 11) is 0. The first-order valence-electron chi connectivity index (χ1n) is 7.01. The molecule has 3 heteroatoms. The van der Waals surface area contributed by atoms with E-state index < -0.39 is 0 Å². The number of benzene rings is 1. The Morgan fingerprint density at radius 2 is 1.95 bits per heavy atom. The zero-order valence-electron chi connectivity index (χ0n) is 11.4. The molecule has 0 aliphatic carbocycles. The van der Waals surface area contributed by atoms with E-state index in [0.717, 1.165) is 6.42 Å². The number of carbonyl (C=O) groups excluding carboxylic acids is 1. The van der Waals surface area contributed by atoms with E-state index in [0.29, 0.717) is 13.0 Å². The number of nitrogens with one attached hydrogen (secondary N) is 1. The lowest BCUT2D eigenvalue weighted by Crippen LogP contribution is -2.23. The summed E-state index contributed by atoms with van der Waals surface area (Å²) in [6, 6.07) is 8.60. The molecule has 0 spiro atoms. The SMILES string of the molecule is C=CCNC(=O)CCc1ccc(N2CCCC2)cc1. The summed E-state index contributed by atoms with van der Waals surface area (Å²) in [4.78, 5) is 13.9. The number of hydrogen-bond donors (Lipinski definition) is 1. The maximum atomic E-state index is 11.5. The lowest BCUT2D eigenvalue weighted by molar-refractivity contribution is -0.120. The monoisotopic (exact) mass is 258 g/mol. The van der Waals surface area contributed by atoms with Gasteiger partial charge in [0.1, 0.15) is 0 Å². The first-order valence-corrected chi connectivity index (χ1v) is 7.01. The Bertz CT molecular complexity index is 419. The first kappa shape index (κ1) is 13.7. The summed E-state index contributed by atoms with van der Waals surface area (Å²) < 4.78 is 0. The van der Waals surface area contributed by atoms with Gasteiger partial charge in [-0.15, -0.1) is 6.58 Å². The number of carbonyl (C=O) groups is 1. The minimum absolute atomic E-state index is 0.0866. The summed E-state index contributed by atoms with van der Waals surface area (Å²) >= 11 is 0. The Labute approximate surface area is 115 Å². The standard InChI is InChI=1S/C16H22N2O/c1-2-11-17-16(19)10-7-14-5-8-15(9-6-14)18-12-3-4-13-18/h2,5-6,8-9H,1,3-4,7,10-13H2,(H,17,19). The molecule has 0 radical (unpaired) electrons. The van der Waals surface area contributed by atoms with E-state index in [1.54, 1.807) is 6.08 Å². The summed E-state index contributed by atoms with van der Waals surface area (Å²) in [6.07, 6.45) is 5.62. The van der Waals surface area contributed by atoms with Gasteiger partial charge in [-0.1, -0.05) is 18.2 Å². The van der Waals surface area contributed by atoms with Crippen LogP contribution in [0.25, 0.3) is 0 Å². The van der Waals surface area contributed by atoms with Crippen molar-refractivity contribution in [2.75, 3.05) is 24.5 Å². The maximum absolute atomic E-state index is 11.5. The average Bonchev–Trinajstić information content (AvgIpc) is 2.97. The Balaban J connectivity index is 1.81. The van der Waals surface area contributed by atoms with Crippen molar-refractivity contribution in [1.82, 2.24) is 5.32 Å². The Hall–Kier alpha value is -1.77. The van der Waals surface area contributed by atoms with Gasteiger partial charge in [-0.05, 0) is 37.0 Å². The van der Waals surface area contributed by atoms with Crippen molar-refractivity contribution in [1.29, 1.82) is 0 Å². The van der Waals surface area contributed by atoms with Crippen LogP contribution in [0.4, 0.5) is 5.69 Å². The van der Waals surface area contributed by atoms with E-state index in [2.05, 4.69) is 41.1 Å². The van der Waals surface area contributed by atoms with Crippen LogP contribution >= 0.6 is 0 Å². The quantitative estimate of drug-likeness (QED) is 0.795. The smallest absolute Gasteiger partial charge is 0.220 e. The number of nitrogens with zero attached hydrogens (tertiary/aromatic N) is 1. The van der Waals surface area contributed by atoms with E-state index >= 15 is 0 Å². The van der Waals surface area contributed by atoms with Crippen molar-refractivity contribution in [2.24, 2.45) is 0 Å². The minimum Gasteiger partial charge on any atom is -0.372 e. The second kappa shape index (κ2) is 6.98. The number of hydrogen-bond acceptors (Lipinski definition) is 2. The van der Waals surface area contributed by atoms with Crippen LogP contribution in [0.15, 0.2) is 36.9 Å². The first-order chi connectivity index (χ1) is 9.29. The largest absolute Gasteiger partial charge is 0.372 e. The molecule has 1 aromatic rings. The normalized spacial score (nSPS) is 14.4. The molecule has 3 nitrogen and oxygen atoms in total. The molecule has 0 aromatic heterocycles. The molecule has 1 aliphatic rings. The second-order valence-electron chi connectivity index (χ2n) is 4.95. The third kappa shape index (κ3) is 4.12. The van der Waals surface area contributed by atoms with Crippen molar-refractivity contribution < 1.29 is 4.79 Å². The topological polar surface area (TPSA) is 32.3 Å². The van der Waals surface area contributed by atoms with Crippen LogP contribution in [0.1, 0.15) is 24.8 Å². The fraction of sp³-hybridized carbons (Fsp3) is 0.438. The molecule has 19 heavy (non-hydrogen) atoms. The molecule has 0 atom stereocenters. The lowest BCUT2D eigenvalue weighted by atomic mass is 10.1. The van der Waals surface area contributed by atoms with Crippen LogP contribution in [0.5, 0.6) is 0 Å². The molecule has 0 bridgehead atoms. The maximum Gasteiger partial charge on any atom is 0.220 e. The van der Waals surface area contributed by atoms with Crippen LogP contribution in [0.3, 0.4) is 0 Å². The number of anilines is 1. The molecule has 1 aromatic carbocycles. The molecule has 0 saturated carbocycles. The molecular weight excluding hydrogens is 236 g/mol. The second-order valence-corrected chi connectivity index (χ2v) is 4.95. The molecule has 1 heterocycles. The number of aryl methyl sites for hydroxylation is 1. The molecule has 0 unspecified atom stereocenters. The Morgan fingerprint density at radius 3 is 2.58 bits per heavy atom. The van der Waals surface area contributed by atoms with Crippen molar-refractivity contribution in [3.8, 4) is 0 Å². The van der Waals surface area contributed by atoms with Crippen molar-refractivity contribution in [2.45, 2.75) is 25.7 Å². The van der Waals surface area contributed by atoms with Gasteiger partial charge in [0.25, 0.3) is 0 Å². The Kier molecular flexibility index (Phi) is 5.01. The fourth-order valence-corrected chi connectivity index (χ4v) is 2.38. The van der Waals surface area contributed by atoms with Gasteiger partial charge in [-0.25, -0.2) is 0 Å². The van der Waals surface area contributed by atoms with Gasteiger partial charge in [-0.2, -0.15) is 0 Å². The number of rotatable bonds is 6. The lowest BCUT2D eigenvalue weighted by Gasteiger charge is -2.17. The van der Waals surface area contributed by atoms with Gasteiger partial charge in [0, 0.05) is 31.7 Å². The summed E-state index contributed by atoms with van der Waals surface area (Å²) in [5.74, 6) is 0.0866. The van der Waals surface area contributed by atoms with Gasteiger partial charge in [0.2, 0.25) is 5.91 Å². The van der Waals surface area contributed by atoms with Crippen LogP contribution in [-0.4, -0.2) is 25.5 Å². The van der Waals surface area contributed by atoms with Gasteiger partial charge in [0.05, 0.1) is 0 Å². The van der Waals surface area contributed by atoms with Crippen LogP contribution in [0.2, 0.25) is 0 Å². The molecule has 1 saturated heterocycles. The van der Waals surface area contributed by atoms with Crippen LogP contribution in [0, 0.1) is 0 Å². The van der Waals surface area contributed by atoms with Gasteiger partial charge in [0.15, 0.2) is 0 Å². The summed E-state index contributed by atoms with van der Waals surface area (Å²) in [6.45, 7) is 6.47. The molecule has 1 N–H and O–H groups in total. The van der Waals surface area contributed by atoms with Gasteiger partial charge < -0.3 is 10.2 Å². The zero-order chi connectivity index (χ0) is 13.5. The molecule has 1 fully saturated rings. The Morgan fingerprint density at radius 1 is 1.26 bits per heavy atom. The predicted octanol–water partition coefficient (Wildman–Crippen LogP) is 2.52. The molecule has 2 rings (SSSR count). The van der Waals surface area contributed by atoms with E-state index in [1.165, 1.54) is 37.2 Å². The predicted molar refractivity (Wildman–Crippen MR) is 79.4 cm³/mol. The van der Waals surface area contributed by atoms with Crippen molar-refractivity contribution in [3.63, 3.8) is 0 Å². The highest BCUT2D eigenvalue weighted by atomic mass is 16.1. The van der Waals surface area contributed by atoms with E-state index in [9.17, 15) is 4.79 Å². The summed E-state index contributed by atoms with van der Waals surface area (Å²) in [5, 5.41) is 2.79. The highest BCUT2D eigenvalue weighted by Crippen LogP contribution is 2.20. The highest BCUT2D eigenvalue weighted by Gasteiger charge is 2.11. The van der Waals surface area contributed by atoms with Crippen LogP contribution in [-0.2, 0) is 11.2 Å². The van der Waals surface area contributed by atoms with Crippen molar-refractivity contribution in [3.05, 3.63) is 42.5 Å². The van der Waals surface area contributed by atoms with Crippen molar-refractivity contribution >= 4 is 11.6 Å². The van der Waals surface area contributed by atoms with E-state index in [-0.39, 0.29) is 5.91 Å². The molecule has 1 aliphatic heterocycles. The molecule has 102 valence electrons. The zero-order valence-corrected chi connectivity index (χ0v) is 11.4. The fourth-order valence-electron chi connectivity index (χ4n) is 2.38. The van der Waals surface area contributed by atoms with E-state index in [1.807, 2.05) is 0 Å². The van der Waals surface area contributed by atoms with Gasteiger partial charge in [-0.3, -0.25) is 4.79 Å². The average molecular weight is 258 g/mol. The molecule has 1 amide bonds. The van der Waals surface area contributed by atoms with E-state index in [4.69, 9.17) is 0 Å².